The summed E-state index contributed by atoms with van der Waals surface area (Å²) in [6.07, 6.45) is -2.80. The Morgan fingerprint density at radius 3 is 2.37 bits per heavy atom. The molecular formula is C24H36FN9O7. The van der Waals surface area contributed by atoms with Crippen LogP contribution in [0.15, 0.2) is 29.4 Å². The van der Waals surface area contributed by atoms with E-state index in [9.17, 15) is 38.6 Å². The Labute approximate surface area is 235 Å². The molecule has 41 heavy (non-hydrogen) atoms. The number of nitrogens with zero attached hydrogens (tertiary/aromatic N) is 1. The van der Waals surface area contributed by atoms with Crippen LogP contribution in [0, 0.1) is 5.82 Å². The molecule has 1 aliphatic rings. The summed E-state index contributed by atoms with van der Waals surface area (Å²) in [5.41, 5.74) is 11.4. The lowest BCUT2D eigenvalue weighted by molar-refractivity contribution is -0.138. The Hall–Kier alpha value is -4.19. The third-order valence-electron chi connectivity index (χ3n) is 6.07. The van der Waals surface area contributed by atoms with E-state index in [1.165, 1.54) is 39.0 Å². The molecule has 1 aromatic carbocycles. The maximum absolute atomic E-state index is 14.5. The number of hydrazone groups is 1. The fraction of sp³-hybridized carbons (Fsp3) is 0.500. The maximum Gasteiger partial charge on any atom is 0.246 e. The van der Waals surface area contributed by atoms with Gasteiger partial charge in [-0.1, -0.05) is 18.2 Å². The van der Waals surface area contributed by atoms with Crippen LogP contribution in [0.3, 0.4) is 0 Å². The van der Waals surface area contributed by atoms with Crippen LogP contribution in [0.25, 0.3) is 0 Å². The SMILES string of the molecule is C[C@@H](O)[C@H](NC(=O)CNC(=O)[C@@H](N)CC1=NNNN1)C(=O)N[C@@](C)(Cc1ccccc1F)C(=O)N[C@H](C=O)[C@@H](C)O. The van der Waals surface area contributed by atoms with Crippen molar-refractivity contribution in [2.45, 2.75) is 69.5 Å². The summed E-state index contributed by atoms with van der Waals surface area (Å²) >= 11 is 0. The highest BCUT2D eigenvalue weighted by Gasteiger charge is 2.40. The van der Waals surface area contributed by atoms with Gasteiger partial charge in [-0.15, -0.1) is 10.6 Å². The molecule has 1 aromatic rings. The van der Waals surface area contributed by atoms with Gasteiger partial charge < -0.3 is 42.0 Å². The Bertz CT molecular complexity index is 1150. The highest BCUT2D eigenvalue weighted by molar-refractivity contribution is 5.97. The minimum absolute atomic E-state index is 0.0227. The number of aliphatic hydroxyl groups excluding tert-OH is 2. The van der Waals surface area contributed by atoms with Gasteiger partial charge in [-0.3, -0.25) is 24.6 Å². The van der Waals surface area contributed by atoms with Crippen molar-refractivity contribution in [1.29, 1.82) is 0 Å². The average molecular weight is 582 g/mol. The largest absolute Gasteiger partial charge is 0.391 e. The first-order chi connectivity index (χ1) is 19.3. The number of nitrogens with two attached hydrogens (primary N) is 1. The molecule has 0 saturated carbocycles. The molecular weight excluding hydrogens is 545 g/mol. The normalized spacial score (nSPS) is 17.6. The zero-order valence-electron chi connectivity index (χ0n) is 22.7. The van der Waals surface area contributed by atoms with E-state index in [0.717, 1.165) is 6.07 Å². The molecule has 11 N–H and O–H groups in total. The van der Waals surface area contributed by atoms with Crippen LogP contribution < -0.4 is 43.5 Å². The molecule has 0 aromatic heterocycles. The molecule has 1 heterocycles. The number of carbonyl (C=O) groups excluding carboxylic acids is 5. The quantitative estimate of drug-likeness (QED) is 0.0892. The molecule has 226 valence electrons. The number of aldehydes is 1. The first-order valence-electron chi connectivity index (χ1n) is 12.6. The summed E-state index contributed by atoms with van der Waals surface area (Å²) in [4.78, 5) is 62.5. The number of aliphatic hydroxyl groups is 2. The van der Waals surface area contributed by atoms with E-state index in [-0.39, 0.29) is 18.4 Å². The van der Waals surface area contributed by atoms with E-state index in [1.54, 1.807) is 0 Å². The number of amides is 4. The van der Waals surface area contributed by atoms with Crippen LogP contribution in [0.2, 0.25) is 0 Å². The van der Waals surface area contributed by atoms with E-state index in [4.69, 9.17) is 5.73 Å². The van der Waals surface area contributed by atoms with Gasteiger partial charge >= 0.3 is 0 Å². The summed E-state index contributed by atoms with van der Waals surface area (Å²) in [5, 5.41) is 33.1. The Morgan fingerprint density at radius 1 is 1.12 bits per heavy atom. The lowest BCUT2D eigenvalue weighted by Crippen LogP contribution is -2.65. The van der Waals surface area contributed by atoms with E-state index in [1.807, 2.05) is 0 Å². The van der Waals surface area contributed by atoms with Crippen LogP contribution in [-0.4, -0.2) is 88.4 Å². The first kappa shape index (κ1) is 33.0. The molecule has 0 unspecified atom stereocenters. The lowest BCUT2D eigenvalue weighted by Gasteiger charge is -2.33. The van der Waals surface area contributed by atoms with Gasteiger partial charge in [-0.2, -0.15) is 0 Å². The summed E-state index contributed by atoms with van der Waals surface area (Å²) in [5.74, 6) is -3.81. The minimum Gasteiger partial charge on any atom is -0.391 e. The number of amidine groups is 1. The van der Waals surface area contributed by atoms with Crippen LogP contribution in [0.5, 0.6) is 0 Å². The molecule has 2 rings (SSSR count). The average Bonchev–Trinajstić information content (AvgIpc) is 3.42. The summed E-state index contributed by atoms with van der Waals surface area (Å²) in [6, 6.07) is 1.52. The zero-order chi connectivity index (χ0) is 30.7. The van der Waals surface area contributed by atoms with Gasteiger partial charge in [0.25, 0.3) is 0 Å². The van der Waals surface area contributed by atoms with E-state index in [2.05, 4.69) is 42.9 Å². The fourth-order valence-corrected chi connectivity index (χ4v) is 3.68. The molecule has 0 fully saturated rings. The maximum atomic E-state index is 14.5. The topological polar surface area (TPSA) is 248 Å². The Morgan fingerprint density at radius 2 is 1.80 bits per heavy atom. The van der Waals surface area contributed by atoms with Crippen molar-refractivity contribution in [3.63, 3.8) is 0 Å². The van der Waals surface area contributed by atoms with Crippen molar-refractivity contribution in [2.75, 3.05) is 6.54 Å². The third-order valence-corrected chi connectivity index (χ3v) is 6.07. The van der Waals surface area contributed by atoms with Gasteiger partial charge in [0.2, 0.25) is 23.6 Å². The van der Waals surface area contributed by atoms with Crippen LogP contribution >= 0.6 is 0 Å². The van der Waals surface area contributed by atoms with Crippen molar-refractivity contribution in [3.8, 4) is 0 Å². The van der Waals surface area contributed by atoms with Gasteiger partial charge in [-0.25, -0.2) is 9.93 Å². The Balaban J connectivity index is 2.13. The molecule has 17 heteroatoms. The van der Waals surface area contributed by atoms with E-state index >= 15 is 0 Å². The number of hydrogen-bond donors (Lipinski definition) is 10. The summed E-state index contributed by atoms with van der Waals surface area (Å²) in [6.45, 7) is 3.14. The van der Waals surface area contributed by atoms with Gasteiger partial charge in [0.05, 0.1) is 24.8 Å². The Kier molecular flexibility index (Phi) is 12.1. The summed E-state index contributed by atoms with van der Waals surface area (Å²) in [7, 11) is 0. The number of hydrogen-bond acceptors (Lipinski definition) is 12. The molecule has 0 radical (unpaired) electrons. The molecule has 0 saturated heterocycles. The molecule has 16 nitrogen and oxygen atoms in total. The van der Waals surface area contributed by atoms with Gasteiger partial charge in [0.15, 0.2) is 0 Å². The predicted molar refractivity (Wildman–Crippen MR) is 142 cm³/mol. The van der Waals surface area contributed by atoms with E-state index in [0.29, 0.717) is 12.1 Å². The zero-order valence-corrected chi connectivity index (χ0v) is 22.7. The van der Waals surface area contributed by atoms with Crippen LogP contribution in [0.4, 0.5) is 4.39 Å². The lowest BCUT2D eigenvalue weighted by atomic mass is 9.90. The summed E-state index contributed by atoms with van der Waals surface area (Å²) < 4.78 is 14.5. The highest BCUT2D eigenvalue weighted by Crippen LogP contribution is 2.18. The van der Waals surface area contributed by atoms with Crippen molar-refractivity contribution in [2.24, 2.45) is 10.8 Å². The standard InChI is InChI=1S/C24H36FN9O7/c1-12(36)17(11-35)28-23(41)24(3,9-14-6-4-5-7-15(14)25)30-22(40)20(13(2)37)29-19(38)10-27-21(39)16(26)8-18-31-33-34-32-18/h4-7,11-13,16-17,20,33-34,36-37H,8-10,26H2,1-3H3,(H,27,39)(H,28,41)(H,29,38)(H,30,40)(H,31,32)/t12-,13-,16+,17-,20+,24+/m1/s1. The predicted octanol–water partition coefficient (Wildman–Crippen LogP) is -4.07. The second-order valence-corrected chi connectivity index (χ2v) is 9.70. The second kappa shape index (κ2) is 15.0. The first-order valence-corrected chi connectivity index (χ1v) is 12.6. The van der Waals surface area contributed by atoms with E-state index < -0.39 is 71.9 Å². The third kappa shape index (κ3) is 9.75. The van der Waals surface area contributed by atoms with Crippen LogP contribution in [-0.2, 0) is 30.4 Å². The molecule has 6 atom stereocenters. The molecule has 4 amide bonds. The van der Waals surface area contributed by atoms with Gasteiger partial charge in [0, 0.05) is 12.8 Å². The number of hydrazine groups is 2. The number of carbonyl (C=O) groups is 5. The minimum atomic E-state index is -1.91. The van der Waals surface area contributed by atoms with Crippen molar-refractivity contribution < 1.29 is 38.6 Å². The molecule has 0 spiro atoms. The van der Waals surface area contributed by atoms with Gasteiger partial charge in [0.1, 0.15) is 35.6 Å². The number of halogens is 1. The molecule has 0 aliphatic carbocycles. The highest BCUT2D eigenvalue weighted by atomic mass is 19.1. The number of benzene rings is 1. The van der Waals surface area contributed by atoms with Gasteiger partial charge in [-0.05, 0) is 32.4 Å². The number of nitrogens with one attached hydrogen (secondary N) is 7. The molecule has 0 bridgehead atoms. The van der Waals surface area contributed by atoms with Crippen LogP contribution in [0.1, 0.15) is 32.8 Å². The monoisotopic (exact) mass is 581 g/mol. The smallest absolute Gasteiger partial charge is 0.246 e. The fourth-order valence-electron chi connectivity index (χ4n) is 3.68. The van der Waals surface area contributed by atoms with Crippen molar-refractivity contribution in [3.05, 3.63) is 35.6 Å². The second-order valence-electron chi connectivity index (χ2n) is 9.70. The van der Waals surface area contributed by atoms with Crippen molar-refractivity contribution in [1.82, 2.24) is 37.8 Å². The van der Waals surface area contributed by atoms with Crippen molar-refractivity contribution >= 4 is 35.8 Å². The molecule has 1 aliphatic heterocycles. The number of rotatable bonds is 15.